The first-order chi connectivity index (χ1) is 5.29. The van der Waals surface area contributed by atoms with E-state index < -0.39 is 5.95 Å². The summed E-state index contributed by atoms with van der Waals surface area (Å²) in [5.74, 6) is -0.410. The number of nitrogens with one attached hydrogen (secondary N) is 1. The second-order valence-electron chi connectivity index (χ2n) is 2.50. The number of aromatic amines is 1. The highest BCUT2D eigenvalue weighted by Crippen LogP contribution is 2.16. The van der Waals surface area contributed by atoms with E-state index in [0.717, 1.165) is 11.1 Å². The van der Waals surface area contributed by atoms with Gasteiger partial charge >= 0.3 is 0 Å². The molecule has 0 bridgehead atoms. The highest BCUT2D eigenvalue weighted by molar-refractivity contribution is 5.81. The molecule has 0 saturated heterocycles. The van der Waals surface area contributed by atoms with Crippen LogP contribution in [0.3, 0.4) is 0 Å². The molecule has 0 saturated carbocycles. The molecule has 2 nitrogen and oxygen atoms in total. The molecule has 11 heavy (non-hydrogen) atoms. The fourth-order valence-corrected chi connectivity index (χ4v) is 1.16. The molecule has 0 aliphatic carbocycles. The summed E-state index contributed by atoms with van der Waals surface area (Å²) < 4.78 is 12.9. The van der Waals surface area contributed by atoms with Crippen molar-refractivity contribution in [2.24, 2.45) is 0 Å². The molecule has 0 radical (unpaired) electrons. The number of aryl methyl sites for hydroxylation is 1. The lowest BCUT2D eigenvalue weighted by Crippen LogP contribution is -1.85. The van der Waals surface area contributed by atoms with Crippen molar-refractivity contribution in [3.05, 3.63) is 30.0 Å². The molecule has 2 aromatic heterocycles. The number of fused-ring (bicyclic) bond motifs is 1. The van der Waals surface area contributed by atoms with Crippen molar-refractivity contribution in [2.45, 2.75) is 6.92 Å². The normalized spacial score (nSPS) is 10.7. The maximum atomic E-state index is 12.9. The van der Waals surface area contributed by atoms with Crippen LogP contribution in [0.1, 0.15) is 5.56 Å². The second kappa shape index (κ2) is 2.05. The Morgan fingerprint density at radius 2 is 2.36 bits per heavy atom. The van der Waals surface area contributed by atoms with Gasteiger partial charge in [-0.05, 0) is 18.6 Å². The molecule has 0 unspecified atom stereocenters. The molecule has 0 aliphatic rings. The molecule has 1 N–H and O–H groups in total. The first kappa shape index (κ1) is 6.34. The highest BCUT2D eigenvalue weighted by Gasteiger charge is 2.03. The summed E-state index contributed by atoms with van der Waals surface area (Å²) in [6, 6.07) is 1.69. The van der Waals surface area contributed by atoms with Crippen LogP contribution in [-0.2, 0) is 0 Å². The van der Waals surface area contributed by atoms with Gasteiger partial charge in [0.15, 0.2) is 0 Å². The summed E-state index contributed by atoms with van der Waals surface area (Å²) >= 11 is 0. The predicted molar refractivity (Wildman–Crippen MR) is 40.8 cm³/mol. The van der Waals surface area contributed by atoms with E-state index in [9.17, 15) is 4.39 Å². The molecule has 0 spiro atoms. The smallest absolute Gasteiger partial charge is 0.222 e. The molecule has 0 amide bonds. The Morgan fingerprint density at radius 1 is 1.55 bits per heavy atom. The molecule has 3 heteroatoms. The Bertz CT molecular complexity index is 356. The quantitative estimate of drug-likeness (QED) is 0.572. The van der Waals surface area contributed by atoms with E-state index >= 15 is 0 Å². The van der Waals surface area contributed by atoms with Crippen LogP contribution < -0.4 is 0 Å². The Labute approximate surface area is 63.1 Å². The van der Waals surface area contributed by atoms with E-state index in [2.05, 4.69) is 9.97 Å². The maximum Gasteiger partial charge on any atom is 0.222 e. The Kier molecular flexibility index (Phi) is 1.18. The second-order valence-corrected chi connectivity index (χ2v) is 2.50. The lowest BCUT2D eigenvalue weighted by Gasteiger charge is -1.94. The van der Waals surface area contributed by atoms with Gasteiger partial charge in [-0.3, -0.25) is 0 Å². The van der Waals surface area contributed by atoms with Gasteiger partial charge in [0.1, 0.15) is 0 Å². The largest absolute Gasteiger partial charge is 0.361 e. The molecule has 0 fully saturated rings. The summed E-state index contributed by atoms with van der Waals surface area (Å²) in [5, 5.41) is 0.560. The number of halogens is 1. The molecule has 2 heterocycles. The van der Waals surface area contributed by atoms with Crippen LogP contribution >= 0.6 is 0 Å². The first-order valence-corrected chi connectivity index (χ1v) is 3.37. The van der Waals surface area contributed by atoms with Gasteiger partial charge in [0.05, 0.1) is 10.9 Å². The average Bonchev–Trinajstić information content (AvgIpc) is 2.45. The minimum atomic E-state index is -0.410. The monoisotopic (exact) mass is 150 g/mol. The standard InChI is InChI=1S/C8H7FN2/c1-5-4-11-8(9)6-2-3-10-7(5)6/h2-4,10H,1H3. The summed E-state index contributed by atoms with van der Waals surface area (Å²) in [6.45, 7) is 1.89. The lowest BCUT2D eigenvalue weighted by atomic mass is 10.2. The fraction of sp³-hybridized carbons (Fsp3) is 0.125. The van der Waals surface area contributed by atoms with Crippen molar-refractivity contribution in [1.29, 1.82) is 0 Å². The lowest BCUT2D eigenvalue weighted by molar-refractivity contribution is 0.596. The Balaban J connectivity index is 2.96. The van der Waals surface area contributed by atoms with Gasteiger partial charge in [-0.2, -0.15) is 4.39 Å². The van der Waals surface area contributed by atoms with Crippen LogP contribution in [0.4, 0.5) is 4.39 Å². The van der Waals surface area contributed by atoms with Crippen molar-refractivity contribution in [3.63, 3.8) is 0 Å². The van der Waals surface area contributed by atoms with Crippen molar-refractivity contribution >= 4 is 10.9 Å². The van der Waals surface area contributed by atoms with Crippen molar-refractivity contribution < 1.29 is 4.39 Å². The van der Waals surface area contributed by atoms with Crippen molar-refractivity contribution in [1.82, 2.24) is 9.97 Å². The zero-order valence-corrected chi connectivity index (χ0v) is 6.06. The number of aromatic nitrogens is 2. The molecule has 56 valence electrons. The van der Waals surface area contributed by atoms with Crippen LogP contribution in [-0.4, -0.2) is 9.97 Å². The third-order valence-electron chi connectivity index (χ3n) is 1.74. The van der Waals surface area contributed by atoms with Gasteiger partial charge in [0.2, 0.25) is 5.95 Å². The highest BCUT2D eigenvalue weighted by atomic mass is 19.1. The van der Waals surface area contributed by atoms with Gasteiger partial charge in [-0.1, -0.05) is 0 Å². The number of hydrogen-bond donors (Lipinski definition) is 1. The number of hydrogen-bond acceptors (Lipinski definition) is 1. The van der Waals surface area contributed by atoms with Gasteiger partial charge in [-0.25, -0.2) is 4.98 Å². The predicted octanol–water partition coefficient (Wildman–Crippen LogP) is 2.01. The Hall–Kier alpha value is -1.38. The van der Waals surface area contributed by atoms with Gasteiger partial charge in [0.25, 0.3) is 0 Å². The van der Waals surface area contributed by atoms with Crippen molar-refractivity contribution in [2.75, 3.05) is 0 Å². The minimum Gasteiger partial charge on any atom is -0.361 e. The number of H-pyrrole nitrogens is 1. The third-order valence-corrected chi connectivity index (χ3v) is 1.74. The van der Waals surface area contributed by atoms with Crippen LogP contribution in [0.25, 0.3) is 10.9 Å². The molecule has 2 rings (SSSR count). The molecule has 2 aromatic rings. The summed E-state index contributed by atoms with van der Waals surface area (Å²) in [7, 11) is 0. The zero-order valence-electron chi connectivity index (χ0n) is 6.06. The number of pyridine rings is 1. The molecular weight excluding hydrogens is 143 g/mol. The van der Waals surface area contributed by atoms with E-state index in [0.29, 0.717) is 5.39 Å². The van der Waals surface area contributed by atoms with E-state index in [1.165, 1.54) is 6.20 Å². The summed E-state index contributed by atoms with van der Waals surface area (Å²) in [6.07, 6.45) is 3.23. The van der Waals surface area contributed by atoms with Crippen LogP contribution in [0, 0.1) is 12.9 Å². The maximum absolute atomic E-state index is 12.9. The Morgan fingerprint density at radius 3 is 3.09 bits per heavy atom. The topological polar surface area (TPSA) is 28.7 Å². The van der Waals surface area contributed by atoms with Gasteiger partial charge in [0, 0.05) is 12.4 Å². The minimum absolute atomic E-state index is 0.410. The van der Waals surface area contributed by atoms with Crippen LogP contribution in [0.2, 0.25) is 0 Å². The molecule has 0 aromatic carbocycles. The average molecular weight is 150 g/mol. The van der Waals surface area contributed by atoms with E-state index in [1.807, 2.05) is 6.92 Å². The first-order valence-electron chi connectivity index (χ1n) is 3.37. The molecule has 0 atom stereocenters. The third kappa shape index (κ3) is 0.808. The zero-order chi connectivity index (χ0) is 7.84. The van der Waals surface area contributed by atoms with E-state index in [4.69, 9.17) is 0 Å². The summed E-state index contributed by atoms with van der Waals surface area (Å²) in [5.41, 5.74) is 1.80. The van der Waals surface area contributed by atoms with Crippen LogP contribution in [0.15, 0.2) is 18.5 Å². The molecule has 0 aliphatic heterocycles. The SMILES string of the molecule is Cc1cnc(F)c2cc[nH]c12. The van der Waals surface area contributed by atoms with Gasteiger partial charge in [-0.15, -0.1) is 0 Å². The van der Waals surface area contributed by atoms with Gasteiger partial charge < -0.3 is 4.98 Å². The molecular formula is C8H7FN2. The van der Waals surface area contributed by atoms with Crippen molar-refractivity contribution in [3.8, 4) is 0 Å². The van der Waals surface area contributed by atoms with Crippen LogP contribution in [0.5, 0.6) is 0 Å². The van der Waals surface area contributed by atoms with E-state index in [1.54, 1.807) is 12.3 Å². The summed E-state index contributed by atoms with van der Waals surface area (Å²) in [4.78, 5) is 6.54. The number of rotatable bonds is 0. The van der Waals surface area contributed by atoms with E-state index in [-0.39, 0.29) is 0 Å². The number of nitrogens with zero attached hydrogens (tertiary/aromatic N) is 1. The fourth-order valence-electron chi connectivity index (χ4n) is 1.16.